The molecule has 0 unspecified atom stereocenters. The number of halogens is 1. The second kappa shape index (κ2) is 11.5. The first-order valence-corrected chi connectivity index (χ1v) is 9.74. The molecule has 0 aromatic carbocycles. The van der Waals surface area contributed by atoms with E-state index in [9.17, 15) is 0 Å². The second-order valence-electron chi connectivity index (χ2n) is 6.82. The van der Waals surface area contributed by atoms with Crippen LogP contribution in [0.3, 0.4) is 0 Å². The summed E-state index contributed by atoms with van der Waals surface area (Å²) >= 11 is 3.72. The van der Waals surface area contributed by atoms with Crippen molar-refractivity contribution >= 4 is 26.8 Å². The van der Waals surface area contributed by atoms with Crippen LogP contribution in [0.1, 0.15) is 47.5 Å². The average Bonchev–Trinajstić information content (AvgIpc) is 2.42. The number of hydrogen-bond acceptors (Lipinski definition) is 7. The molecule has 7 nitrogen and oxygen atoms in total. The first-order chi connectivity index (χ1) is 11.0. The van der Waals surface area contributed by atoms with Crippen molar-refractivity contribution in [2.75, 3.05) is 33.0 Å². The fourth-order valence-electron chi connectivity index (χ4n) is 2.92. The predicted octanol–water partition coefficient (Wildman–Crippen LogP) is 2.38. The summed E-state index contributed by atoms with van der Waals surface area (Å²) in [5.41, 5.74) is 0.199. The van der Waals surface area contributed by atoms with Crippen molar-refractivity contribution in [1.29, 1.82) is 0 Å². The van der Waals surface area contributed by atoms with Gasteiger partial charge >= 0.3 is 10.6 Å². The summed E-state index contributed by atoms with van der Waals surface area (Å²) in [4.78, 5) is 0. The number of rotatable bonds is 8. The van der Waals surface area contributed by atoms with Crippen molar-refractivity contribution in [2.45, 2.75) is 64.6 Å². The molecule has 0 N–H and O–H groups in total. The van der Waals surface area contributed by atoms with Gasteiger partial charge in [0, 0.05) is 33.8 Å². The minimum Gasteiger partial charge on any atom is -0.379 e. The van der Waals surface area contributed by atoms with E-state index in [0.29, 0.717) is 32.5 Å². The largest absolute Gasteiger partial charge is 0.425 e. The first-order valence-electron chi connectivity index (χ1n) is 8.03. The summed E-state index contributed by atoms with van der Waals surface area (Å²) in [6, 6.07) is 0. The van der Waals surface area contributed by atoms with Gasteiger partial charge in [-0.1, -0.05) is 0 Å². The van der Waals surface area contributed by atoms with Gasteiger partial charge in [-0.15, -0.1) is 12.6 Å². The molecule has 0 atom stereocenters. The van der Waals surface area contributed by atoms with E-state index < -0.39 is 10.6 Å². The summed E-state index contributed by atoms with van der Waals surface area (Å²) in [6.07, 6.45) is 2.35. The van der Waals surface area contributed by atoms with Gasteiger partial charge in [0.1, 0.15) is 0 Å². The monoisotopic (exact) mass is 431 g/mol. The molecule has 1 saturated heterocycles. The van der Waals surface area contributed by atoms with Crippen LogP contribution in [0.25, 0.3) is 0 Å². The van der Waals surface area contributed by atoms with Crippen molar-refractivity contribution < 1.29 is 26.8 Å². The lowest BCUT2D eigenvalue weighted by Gasteiger charge is -2.51. The zero-order valence-corrected chi connectivity index (χ0v) is 17.6. The van der Waals surface area contributed by atoms with Crippen molar-refractivity contribution in [2.24, 2.45) is 0 Å². The molecule has 144 valence electrons. The van der Waals surface area contributed by atoms with Crippen LogP contribution in [0.5, 0.6) is 0 Å². The van der Waals surface area contributed by atoms with Crippen molar-refractivity contribution in [3.05, 3.63) is 0 Å². The molecule has 0 spiro atoms. The lowest BCUT2D eigenvalue weighted by atomic mass is 9.81. The van der Waals surface area contributed by atoms with Crippen molar-refractivity contribution in [1.82, 2.24) is 3.93 Å². The highest BCUT2D eigenvalue weighted by Gasteiger charge is 2.44. The third kappa shape index (κ3) is 10.0. The van der Waals surface area contributed by atoms with Crippen LogP contribution in [0.2, 0.25) is 0 Å². The Morgan fingerprint density at radius 3 is 1.83 bits per heavy atom. The molecule has 1 fully saturated rings. The van der Waals surface area contributed by atoms with Crippen LogP contribution >= 0.6 is 16.1 Å². The molecule has 0 amide bonds. The Morgan fingerprint density at radius 2 is 1.38 bits per heavy atom. The molecule has 0 radical (unpaired) electrons. The van der Waals surface area contributed by atoms with Gasteiger partial charge in [0.05, 0.1) is 32.5 Å². The van der Waals surface area contributed by atoms with Crippen LogP contribution in [0.4, 0.5) is 0 Å². The summed E-state index contributed by atoms with van der Waals surface area (Å²) in [7, 11) is -3.11. The highest BCUT2D eigenvalue weighted by Crippen LogP contribution is 2.41. The molecule has 1 aliphatic heterocycles. The summed E-state index contributed by atoms with van der Waals surface area (Å²) in [6.45, 7) is 14.3. The lowest BCUT2D eigenvalue weighted by Crippen LogP contribution is -2.57. The Bertz CT molecular complexity index is 429. The maximum absolute atomic E-state index is 8.44. The Labute approximate surface area is 155 Å². The molecule has 24 heavy (non-hydrogen) atoms. The first kappa shape index (κ1) is 23.9. The summed E-state index contributed by atoms with van der Waals surface area (Å²) < 4.78 is 44.3. The van der Waals surface area contributed by atoms with Crippen LogP contribution in [-0.2, 0) is 24.8 Å². The second-order valence-corrected chi connectivity index (χ2v) is 7.94. The van der Waals surface area contributed by atoms with E-state index in [0.717, 1.165) is 19.4 Å². The standard InChI is InChI=1S/C15H30BrNO3.O3S/c1-6-18-7-8-19-9-10-20-13-11-14(2,3)17(16)15(4,5)12-13;1-4(2)3/h13H,6-12H2,1-5H3;. The molecule has 0 aliphatic carbocycles. The van der Waals surface area contributed by atoms with Crippen LogP contribution < -0.4 is 0 Å². The van der Waals surface area contributed by atoms with Crippen LogP contribution in [0, 0.1) is 0 Å². The molecule has 9 heteroatoms. The van der Waals surface area contributed by atoms with Gasteiger partial charge in [0.15, 0.2) is 0 Å². The maximum atomic E-state index is 8.44. The van der Waals surface area contributed by atoms with E-state index in [-0.39, 0.29) is 11.1 Å². The highest BCUT2D eigenvalue weighted by molar-refractivity contribution is 9.07. The third-order valence-corrected chi connectivity index (χ3v) is 5.59. The van der Waals surface area contributed by atoms with Crippen LogP contribution in [-0.4, -0.2) is 66.8 Å². The predicted molar refractivity (Wildman–Crippen MR) is 94.9 cm³/mol. The van der Waals surface area contributed by atoms with Gasteiger partial charge in [0.2, 0.25) is 0 Å². The van der Waals surface area contributed by atoms with E-state index in [1.807, 2.05) is 6.92 Å². The van der Waals surface area contributed by atoms with E-state index in [4.69, 9.17) is 26.8 Å². The quantitative estimate of drug-likeness (QED) is 0.430. The van der Waals surface area contributed by atoms with E-state index >= 15 is 0 Å². The molecule has 1 aliphatic rings. The van der Waals surface area contributed by atoms with Crippen molar-refractivity contribution in [3.63, 3.8) is 0 Å². The molecule has 0 bridgehead atoms. The Balaban J connectivity index is 0.00000118. The van der Waals surface area contributed by atoms with Gasteiger partial charge in [-0.3, -0.25) is 0 Å². The zero-order chi connectivity index (χ0) is 18.8. The molecule has 0 aromatic heterocycles. The van der Waals surface area contributed by atoms with E-state index in [1.165, 1.54) is 0 Å². The topological polar surface area (TPSA) is 82.1 Å². The maximum Gasteiger partial charge on any atom is 0.425 e. The fraction of sp³-hybridized carbons (Fsp3) is 1.00. The number of ether oxygens (including phenoxy) is 3. The van der Waals surface area contributed by atoms with Gasteiger partial charge < -0.3 is 14.2 Å². The third-order valence-electron chi connectivity index (χ3n) is 3.67. The summed E-state index contributed by atoms with van der Waals surface area (Å²) in [5, 5.41) is 0. The zero-order valence-electron chi connectivity index (χ0n) is 15.2. The number of hydrogen-bond donors (Lipinski definition) is 0. The van der Waals surface area contributed by atoms with Gasteiger partial charge in [-0.2, -0.15) is 0 Å². The van der Waals surface area contributed by atoms with Gasteiger partial charge in [-0.05, 0) is 47.5 Å². The molecule has 0 saturated carbocycles. The van der Waals surface area contributed by atoms with E-state index in [1.54, 1.807) is 0 Å². The highest BCUT2D eigenvalue weighted by atomic mass is 79.9. The normalized spacial score (nSPS) is 20.2. The van der Waals surface area contributed by atoms with Gasteiger partial charge in [-0.25, -0.2) is 3.93 Å². The SMILES string of the molecule is CCOCCOCCOC1CC(C)(C)N(Br)C(C)(C)C1.O=S(=O)=O. The van der Waals surface area contributed by atoms with Gasteiger partial charge in [0.25, 0.3) is 0 Å². The number of piperidine rings is 1. The van der Waals surface area contributed by atoms with E-state index in [2.05, 4.69) is 47.8 Å². The molecular formula is C15H30BrNO6S. The number of nitrogens with zero attached hydrogens (tertiary/aromatic N) is 1. The molecular weight excluding hydrogens is 402 g/mol. The van der Waals surface area contributed by atoms with Crippen molar-refractivity contribution in [3.8, 4) is 0 Å². The smallest absolute Gasteiger partial charge is 0.379 e. The van der Waals surface area contributed by atoms with Crippen LogP contribution in [0.15, 0.2) is 0 Å². The Morgan fingerprint density at radius 1 is 0.958 bits per heavy atom. The molecule has 0 aromatic rings. The minimum absolute atomic E-state index is 0.0994. The average molecular weight is 432 g/mol. The summed E-state index contributed by atoms with van der Waals surface area (Å²) in [5.74, 6) is 0. The lowest BCUT2D eigenvalue weighted by molar-refractivity contribution is -0.0725. The fourth-order valence-corrected chi connectivity index (χ4v) is 3.21. The molecule has 1 heterocycles. The Kier molecular flexibility index (Phi) is 11.5. The molecule has 1 rings (SSSR count). The minimum atomic E-state index is -3.11. The Hall–Kier alpha value is -0.0600.